The van der Waals surface area contributed by atoms with Crippen molar-refractivity contribution in [1.82, 2.24) is 0 Å². The number of hydrogen-bond donors (Lipinski definition) is 0. The van der Waals surface area contributed by atoms with Gasteiger partial charge in [-0.25, -0.2) is 0 Å². The van der Waals surface area contributed by atoms with Crippen LogP contribution in [0.4, 0.5) is 0 Å². The van der Waals surface area contributed by atoms with Crippen molar-refractivity contribution in [3.8, 4) is 23.0 Å². The van der Waals surface area contributed by atoms with Crippen LogP contribution in [-0.4, -0.2) is 27.1 Å². The Morgan fingerprint density at radius 2 is 1.41 bits per heavy atom. The number of ether oxygens (including phenoxy) is 4. The van der Waals surface area contributed by atoms with Gasteiger partial charge in [-0.2, -0.15) is 0 Å². The molecule has 0 atom stereocenters. The first-order chi connectivity index (χ1) is 14.0. The lowest BCUT2D eigenvalue weighted by molar-refractivity contribution is 0.103. The van der Waals surface area contributed by atoms with Gasteiger partial charge in [-0.05, 0) is 48.0 Å². The van der Waals surface area contributed by atoms with Crippen LogP contribution in [-0.2, 0) is 6.61 Å². The summed E-state index contributed by atoms with van der Waals surface area (Å²) in [6.07, 6.45) is 0. The van der Waals surface area contributed by atoms with E-state index in [4.69, 9.17) is 18.9 Å². The first-order valence-corrected chi connectivity index (χ1v) is 9.66. The quantitative estimate of drug-likeness (QED) is 0.431. The second-order valence-electron chi connectivity index (χ2n) is 6.21. The van der Waals surface area contributed by atoms with Gasteiger partial charge in [0.25, 0.3) is 0 Å². The van der Waals surface area contributed by atoms with Crippen LogP contribution in [0.25, 0.3) is 0 Å². The molecule has 0 saturated heterocycles. The zero-order chi connectivity index (χ0) is 20.8. The standard InChI is InChI=1S/C23H21BrO5/c1-26-18-7-4-15(5-8-18)14-29-22-9-6-17(24)12-21(22)23(25)16-10-19(27-2)13-20(11-16)28-3/h4-13H,14H2,1-3H3. The minimum Gasteiger partial charge on any atom is -0.497 e. The summed E-state index contributed by atoms with van der Waals surface area (Å²) in [7, 11) is 4.72. The van der Waals surface area contributed by atoms with Crippen LogP contribution in [0.1, 0.15) is 21.5 Å². The van der Waals surface area contributed by atoms with Gasteiger partial charge in [-0.3, -0.25) is 4.79 Å². The van der Waals surface area contributed by atoms with E-state index in [0.717, 1.165) is 15.8 Å². The Balaban J connectivity index is 1.89. The van der Waals surface area contributed by atoms with Crippen LogP contribution in [0.3, 0.4) is 0 Å². The van der Waals surface area contributed by atoms with Crippen molar-refractivity contribution in [2.24, 2.45) is 0 Å². The molecule has 5 nitrogen and oxygen atoms in total. The Morgan fingerprint density at radius 1 is 0.793 bits per heavy atom. The molecule has 3 aromatic rings. The third-order valence-corrected chi connectivity index (χ3v) is 4.85. The van der Waals surface area contributed by atoms with Crippen LogP contribution >= 0.6 is 15.9 Å². The Hall–Kier alpha value is -2.99. The molecule has 29 heavy (non-hydrogen) atoms. The molecule has 6 heteroatoms. The van der Waals surface area contributed by atoms with Gasteiger partial charge in [0, 0.05) is 16.1 Å². The van der Waals surface area contributed by atoms with Gasteiger partial charge in [0.1, 0.15) is 29.6 Å². The molecule has 3 aromatic carbocycles. The number of benzene rings is 3. The SMILES string of the molecule is COc1ccc(COc2ccc(Br)cc2C(=O)c2cc(OC)cc(OC)c2)cc1. The molecule has 0 bridgehead atoms. The van der Waals surface area contributed by atoms with Crippen molar-refractivity contribution in [1.29, 1.82) is 0 Å². The van der Waals surface area contributed by atoms with Crippen LogP contribution in [0.15, 0.2) is 65.1 Å². The summed E-state index contributed by atoms with van der Waals surface area (Å²) in [5.74, 6) is 2.18. The summed E-state index contributed by atoms with van der Waals surface area (Å²) in [5, 5.41) is 0. The molecule has 0 aliphatic rings. The monoisotopic (exact) mass is 456 g/mol. The smallest absolute Gasteiger partial charge is 0.197 e. The Labute approximate surface area is 178 Å². The minimum atomic E-state index is -0.187. The van der Waals surface area contributed by atoms with E-state index in [0.29, 0.717) is 35.0 Å². The molecule has 0 aromatic heterocycles. The van der Waals surface area contributed by atoms with Crippen molar-refractivity contribution in [2.45, 2.75) is 6.61 Å². The highest BCUT2D eigenvalue weighted by Gasteiger charge is 2.18. The fourth-order valence-corrected chi connectivity index (χ4v) is 3.14. The Bertz CT molecular complexity index is 976. The van der Waals surface area contributed by atoms with Crippen molar-refractivity contribution in [2.75, 3.05) is 21.3 Å². The lowest BCUT2D eigenvalue weighted by Gasteiger charge is -2.13. The molecule has 0 radical (unpaired) electrons. The van der Waals surface area contributed by atoms with Crippen LogP contribution in [0.5, 0.6) is 23.0 Å². The Morgan fingerprint density at radius 3 is 2.00 bits per heavy atom. The number of methoxy groups -OCH3 is 3. The maximum atomic E-state index is 13.2. The van der Waals surface area contributed by atoms with E-state index >= 15 is 0 Å². The van der Waals surface area contributed by atoms with Gasteiger partial charge < -0.3 is 18.9 Å². The van der Waals surface area contributed by atoms with Crippen molar-refractivity contribution >= 4 is 21.7 Å². The normalized spacial score (nSPS) is 10.3. The van der Waals surface area contributed by atoms with Gasteiger partial charge in [0.2, 0.25) is 0 Å². The lowest BCUT2D eigenvalue weighted by Crippen LogP contribution is -2.07. The van der Waals surface area contributed by atoms with Crippen molar-refractivity contribution in [3.63, 3.8) is 0 Å². The predicted molar refractivity (Wildman–Crippen MR) is 114 cm³/mol. The molecule has 0 heterocycles. The van der Waals surface area contributed by atoms with E-state index in [-0.39, 0.29) is 5.78 Å². The fourth-order valence-electron chi connectivity index (χ4n) is 2.78. The van der Waals surface area contributed by atoms with Crippen LogP contribution in [0, 0.1) is 0 Å². The van der Waals surface area contributed by atoms with Crippen molar-refractivity contribution in [3.05, 3.63) is 81.8 Å². The number of ketones is 1. The lowest BCUT2D eigenvalue weighted by atomic mass is 10.0. The van der Waals surface area contributed by atoms with E-state index in [1.807, 2.05) is 30.3 Å². The third kappa shape index (κ3) is 5.09. The summed E-state index contributed by atoms with van der Waals surface area (Å²) in [6, 6.07) is 18.0. The van der Waals surface area contributed by atoms with Gasteiger partial charge in [-0.1, -0.05) is 28.1 Å². The van der Waals surface area contributed by atoms with Gasteiger partial charge in [-0.15, -0.1) is 0 Å². The fraction of sp³-hybridized carbons (Fsp3) is 0.174. The Kier molecular flexibility index (Phi) is 6.77. The van der Waals surface area contributed by atoms with Gasteiger partial charge >= 0.3 is 0 Å². The second kappa shape index (κ2) is 9.47. The molecular weight excluding hydrogens is 436 g/mol. The summed E-state index contributed by atoms with van der Waals surface area (Å²) in [5.41, 5.74) is 1.87. The number of carbonyl (C=O) groups is 1. The number of rotatable bonds is 8. The molecule has 3 rings (SSSR count). The average Bonchev–Trinajstić information content (AvgIpc) is 2.77. The molecular formula is C23H21BrO5. The van der Waals surface area contributed by atoms with Crippen LogP contribution < -0.4 is 18.9 Å². The highest BCUT2D eigenvalue weighted by molar-refractivity contribution is 9.10. The molecule has 0 fully saturated rings. The summed E-state index contributed by atoms with van der Waals surface area (Å²) < 4.78 is 22.5. The molecule has 0 saturated carbocycles. The molecule has 0 aliphatic heterocycles. The summed E-state index contributed by atoms with van der Waals surface area (Å²) in [6.45, 7) is 0.327. The largest absolute Gasteiger partial charge is 0.497 e. The van der Waals surface area contributed by atoms with Crippen molar-refractivity contribution < 1.29 is 23.7 Å². The number of halogens is 1. The van der Waals surface area contributed by atoms with E-state index < -0.39 is 0 Å². The summed E-state index contributed by atoms with van der Waals surface area (Å²) in [4.78, 5) is 13.2. The maximum absolute atomic E-state index is 13.2. The van der Waals surface area contributed by atoms with E-state index in [9.17, 15) is 4.79 Å². The first-order valence-electron chi connectivity index (χ1n) is 8.87. The topological polar surface area (TPSA) is 54.0 Å². The van der Waals surface area contributed by atoms with E-state index in [2.05, 4.69) is 15.9 Å². The zero-order valence-electron chi connectivity index (χ0n) is 16.4. The highest BCUT2D eigenvalue weighted by Crippen LogP contribution is 2.30. The van der Waals surface area contributed by atoms with Crippen LogP contribution in [0.2, 0.25) is 0 Å². The predicted octanol–water partition coefficient (Wildman–Crippen LogP) is 5.28. The zero-order valence-corrected chi connectivity index (χ0v) is 18.0. The third-order valence-electron chi connectivity index (χ3n) is 4.35. The molecule has 0 N–H and O–H groups in total. The summed E-state index contributed by atoms with van der Waals surface area (Å²) >= 11 is 3.43. The van der Waals surface area contributed by atoms with E-state index in [1.54, 1.807) is 51.7 Å². The first kappa shape index (κ1) is 20.7. The molecule has 0 aliphatic carbocycles. The van der Waals surface area contributed by atoms with E-state index in [1.165, 1.54) is 0 Å². The highest BCUT2D eigenvalue weighted by atomic mass is 79.9. The molecule has 0 spiro atoms. The number of carbonyl (C=O) groups excluding carboxylic acids is 1. The second-order valence-corrected chi connectivity index (χ2v) is 7.12. The van der Waals surface area contributed by atoms with Gasteiger partial charge in [0.05, 0.1) is 26.9 Å². The van der Waals surface area contributed by atoms with Gasteiger partial charge in [0.15, 0.2) is 5.78 Å². The molecule has 0 unspecified atom stereocenters. The molecule has 0 amide bonds. The average molecular weight is 457 g/mol. The molecule has 150 valence electrons. The maximum Gasteiger partial charge on any atom is 0.197 e. The number of hydrogen-bond acceptors (Lipinski definition) is 5. The minimum absolute atomic E-state index is 0.187.